The molecule has 25 heavy (non-hydrogen) atoms. The molecule has 0 bridgehead atoms. The number of hydrogen-bond donors (Lipinski definition) is 1. The third kappa shape index (κ3) is 3.33. The fourth-order valence-corrected chi connectivity index (χ4v) is 2.95. The maximum atomic E-state index is 13.9. The van der Waals surface area contributed by atoms with Crippen LogP contribution < -0.4 is 4.74 Å². The molecule has 0 aliphatic heterocycles. The SMILES string of the molecule is COc1cc(-c2[nH]ncc2-c2ccnc(S(C)(=O)=O)n2)cc(Cl)c1F. The van der Waals surface area contributed by atoms with Crippen molar-refractivity contribution in [1.29, 1.82) is 0 Å². The quantitative estimate of drug-likeness (QED) is 0.697. The summed E-state index contributed by atoms with van der Waals surface area (Å²) in [7, 11) is -2.23. The van der Waals surface area contributed by atoms with Gasteiger partial charge in [0.25, 0.3) is 0 Å². The normalized spacial score (nSPS) is 11.5. The van der Waals surface area contributed by atoms with Gasteiger partial charge in [0.15, 0.2) is 11.6 Å². The number of nitrogens with one attached hydrogen (secondary N) is 1. The number of sulfone groups is 1. The van der Waals surface area contributed by atoms with Crippen LogP contribution in [-0.4, -0.2) is 41.9 Å². The lowest BCUT2D eigenvalue weighted by molar-refractivity contribution is 0.387. The molecule has 2 heterocycles. The molecule has 0 saturated carbocycles. The number of ether oxygens (including phenoxy) is 1. The van der Waals surface area contributed by atoms with Crippen molar-refractivity contribution in [3.63, 3.8) is 0 Å². The molecule has 0 aliphatic rings. The zero-order valence-corrected chi connectivity index (χ0v) is 14.7. The lowest BCUT2D eigenvalue weighted by Gasteiger charge is -2.08. The van der Waals surface area contributed by atoms with Crippen molar-refractivity contribution in [2.24, 2.45) is 0 Å². The molecule has 0 amide bonds. The van der Waals surface area contributed by atoms with Crippen molar-refractivity contribution < 1.29 is 17.5 Å². The molecule has 1 aromatic carbocycles. The molecule has 7 nitrogen and oxygen atoms in total. The third-order valence-corrected chi connectivity index (χ3v) is 4.52. The van der Waals surface area contributed by atoms with E-state index in [0.717, 1.165) is 6.26 Å². The van der Waals surface area contributed by atoms with Gasteiger partial charge < -0.3 is 4.74 Å². The lowest BCUT2D eigenvalue weighted by Crippen LogP contribution is -2.04. The van der Waals surface area contributed by atoms with Gasteiger partial charge in [0.05, 0.1) is 29.7 Å². The Hall–Kier alpha value is -2.52. The Bertz CT molecular complexity index is 1050. The summed E-state index contributed by atoms with van der Waals surface area (Å²) in [5.74, 6) is -0.696. The first-order valence-electron chi connectivity index (χ1n) is 6.91. The summed E-state index contributed by atoms with van der Waals surface area (Å²) in [5.41, 5.74) is 1.85. The van der Waals surface area contributed by atoms with Crippen LogP contribution in [0.2, 0.25) is 5.02 Å². The topological polar surface area (TPSA) is 97.8 Å². The Morgan fingerprint density at radius 3 is 2.76 bits per heavy atom. The van der Waals surface area contributed by atoms with Crippen LogP contribution in [0.3, 0.4) is 0 Å². The van der Waals surface area contributed by atoms with Crippen LogP contribution in [0.1, 0.15) is 0 Å². The monoisotopic (exact) mass is 382 g/mol. The van der Waals surface area contributed by atoms with E-state index in [-0.39, 0.29) is 15.9 Å². The number of nitrogens with zero attached hydrogens (tertiary/aromatic N) is 3. The van der Waals surface area contributed by atoms with Gasteiger partial charge in [0.2, 0.25) is 15.0 Å². The molecule has 0 spiro atoms. The molecular formula is C15H12ClFN4O3S. The fraction of sp³-hybridized carbons (Fsp3) is 0.133. The van der Waals surface area contributed by atoms with Crippen LogP contribution in [0.4, 0.5) is 4.39 Å². The maximum Gasteiger partial charge on any atom is 0.247 e. The zero-order chi connectivity index (χ0) is 18.2. The standard InChI is InChI=1S/C15H12ClFN4O3S/c1-24-12-6-8(5-10(16)13(12)17)14-9(7-19-21-14)11-3-4-18-15(20-11)25(2,22)23/h3-7H,1-2H3,(H,19,21). The maximum absolute atomic E-state index is 13.9. The highest BCUT2D eigenvalue weighted by atomic mass is 35.5. The van der Waals surface area contributed by atoms with Gasteiger partial charge in [-0.25, -0.2) is 22.8 Å². The fourth-order valence-electron chi connectivity index (χ4n) is 2.23. The molecule has 0 saturated heterocycles. The molecule has 1 N–H and O–H groups in total. The minimum atomic E-state index is -3.56. The average molecular weight is 383 g/mol. The van der Waals surface area contributed by atoms with Crippen molar-refractivity contribution >= 4 is 21.4 Å². The van der Waals surface area contributed by atoms with Gasteiger partial charge in [0.1, 0.15) is 0 Å². The molecule has 0 fully saturated rings. The number of methoxy groups -OCH3 is 1. The Balaban J connectivity index is 2.16. The van der Waals surface area contributed by atoms with Crippen molar-refractivity contribution in [1.82, 2.24) is 20.2 Å². The Morgan fingerprint density at radius 1 is 1.32 bits per heavy atom. The lowest BCUT2D eigenvalue weighted by atomic mass is 10.1. The molecule has 130 valence electrons. The Kier molecular flexibility index (Phi) is 4.44. The van der Waals surface area contributed by atoms with Gasteiger partial charge in [-0.2, -0.15) is 5.10 Å². The van der Waals surface area contributed by atoms with Crippen molar-refractivity contribution in [2.45, 2.75) is 5.16 Å². The number of benzene rings is 1. The van der Waals surface area contributed by atoms with Gasteiger partial charge in [0, 0.05) is 23.6 Å². The summed E-state index contributed by atoms with van der Waals surface area (Å²) < 4.78 is 42.1. The predicted molar refractivity (Wildman–Crippen MR) is 89.7 cm³/mol. The van der Waals surface area contributed by atoms with E-state index in [1.165, 1.54) is 31.6 Å². The van der Waals surface area contributed by atoms with Crippen LogP contribution in [-0.2, 0) is 9.84 Å². The van der Waals surface area contributed by atoms with Gasteiger partial charge in [-0.3, -0.25) is 5.10 Å². The number of rotatable bonds is 4. The first-order valence-corrected chi connectivity index (χ1v) is 9.18. The molecule has 0 unspecified atom stereocenters. The number of aromatic nitrogens is 4. The second-order valence-corrected chi connectivity index (χ2v) is 7.45. The Morgan fingerprint density at radius 2 is 2.08 bits per heavy atom. The number of H-pyrrole nitrogens is 1. The van der Waals surface area contributed by atoms with Crippen LogP contribution in [0, 0.1) is 5.82 Å². The predicted octanol–water partition coefficient (Wildman–Crippen LogP) is 2.74. The van der Waals surface area contributed by atoms with Crippen LogP contribution in [0.15, 0.2) is 35.7 Å². The highest BCUT2D eigenvalue weighted by Gasteiger charge is 2.18. The largest absolute Gasteiger partial charge is 0.494 e. The summed E-state index contributed by atoms with van der Waals surface area (Å²) in [6.07, 6.45) is 3.84. The minimum Gasteiger partial charge on any atom is -0.494 e. The van der Waals surface area contributed by atoms with E-state index in [0.29, 0.717) is 22.5 Å². The van der Waals surface area contributed by atoms with Crippen molar-refractivity contribution in [3.05, 3.63) is 41.4 Å². The second kappa shape index (κ2) is 6.41. The molecule has 0 aliphatic carbocycles. The zero-order valence-electron chi connectivity index (χ0n) is 13.1. The van der Waals surface area contributed by atoms with Crippen molar-refractivity contribution in [2.75, 3.05) is 13.4 Å². The minimum absolute atomic E-state index is 0.0254. The highest BCUT2D eigenvalue weighted by Crippen LogP contribution is 2.35. The van der Waals surface area contributed by atoms with E-state index in [1.54, 1.807) is 6.07 Å². The van der Waals surface area contributed by atoms with Gasteiger partial charge in [-0.1, -0.05) is 11.6 Å². The van der Waals surface area contributed by atoms with E-state index < -0.39 is 15.7 Å². The van der Waals surface area contributed by atoms with E-state index in [9.17, 15) is 12.8 Å². The molecule has 2 aromatic heterocycles. The second-order valence-electron chi connectivity index (χ2n) is 5.13. The van der Waals surface area contributed by atoms with Gasteiger partial charge in [-0.15, -0.1) is 0 Å². The van der Waals surface area contributed by atoms with Crippen LogP contribution in [0.25, 0.3) is 22.5 Å². The van der Waals surface area contributed by atoms with E-state index in [4.69, 9.17) is 16.3 Å². The average Bonchev–Trinajstić information content (AvgIpc) is 3.06. The van der Waals surface area contributed by atoms with Crippen LogP contribution in [0.5, 0.6) is 5.75 Å². The number of hydrogen-bond acceptors (Lipinski definition) is 6. The summed E-state index contributed by atoms with van der Waals surface area (Å²) in [6.45, 7) is 0. The molecule has 10 heteroatoms. The van der Waals surface area contributed by atoms with Gasteiger partial charge in [-0.05, 0) is 18.2 Å². The third-order valence-electron chi connectivity index (χ3n) is 3.38. The number of aromatic amines is 1. The highest BCUT2D eigenvalue weighted by molar-refractivity contribution is 7.90. The molecule has 0 radical (unpaired) electrons. The number of halogens is 2. The Labute approximate surface area is 147 Å². The van der Waals surface area contributed by atoms with E-state index in [2.05, 4.69) is 20.2 Å². The van der Waals surface area contributed by atoms with Crippen LogP contribution >= 0.6 is 11.6 Å². The van der Waals surface area contributed by atoms with Gasteiger partial charge >= 0.3 is 0 Å². The molecule has 3 aromatic rings. The van der Waals surface area contributed by atoms with Crippen molar-refractivity contribution in [3.8, 4) is 28.3 Å². The first-order chi connectivity index (χ1) is 11.8. The molecule has 0 atom stereocenters. The first kappa shape index (κ1) is 17.3. The summed E-state index contributed by atoms with van der Waals surface area (Å²) in [6, 6.07) is 4.41. The van der Waals surface area contributed by atoms with E-state index in [1.807, 2.05) is 0 Å². The molecular weight excluding hydrogens is 371 g/mol. The summed E-state index contributed by atoms with van der Waals surface area (Å²) >= 11 is 5.90. The smallest absolute Gasteiger partial charge is 0.247 e. The van der Waals surface area contributed by atoms with E-state index >= 15 is 0 Å². The summed E-state index contributed by atoms with van der Waals surface area (Å²) in [4.78, 5) is 7.81. The summed E-state index contributed by atoms with van der Waals surface area (Å²) in [5, 5.41) is 6.33. The molecule has 3 rings (SSSR count).